The normalized spacial score (nSPS) is 28.3. The van der Waals surface area contributed by atoms with Crippen molar-refractivity contribution in [3.05, 3.63) is 0 Å². The molecule has 1 saturated heterocycles. The van der Waals surface area contributed by atoms with Crippen LogP contribution in [0.3, 0.4) is 0 Å². The monoisotopic (exact) mass is 330 g/mol. The second-order valence-corrected chi connectivity index (χ2v) is 8.02. The Balaban J connectivity index is 2.87. The maximum absolute atomic E-state index is 12.1. The Morgan fingerprint density at radius 3 is 2.04 bits per heavy atom. The average Bonchev–Trinajstić information content (AvgIpc) is 2.57. The minimum Gasteiger partial charge on any atom is -0.461 e. The van der Waals surface area contributed by atoms with E-state index < -0.39 is 46.5 Å². The summed E-state index contributed by atoms with van der Waals surface area (Å²) in [6.07, 6.45) is -2.29. The molecule has 0 radical (unpaired) electrons. The molecule has 1 N–H and O–H groups in total. The Labute approximate surface area is 136 Å². The predicted molar refractivity (Wildman–Crippen MR) is 80.3 cm³/mol. The molecule has 0 aromatic heterocycles. The van der Waals surface area contributed by atoms with Gasteiger partial charge in [-0.3, -0.25) is 9.59 Å². The van der Waals surface area contributed by atoms with Gasteiger partial charge in [0.15, 0.2) is 17.8 Å². The van der Waals surface area contributed by atoms with Gasteiger partial charge >= 0.3 is 17.9 Å². The SMILES string of the molecule is CC(C)(C)C(=O)OC[C@H]1OC(=O)[C@@](C)(O)[C@@H]1OC(=O)C(C)(C)C. The van der Waals surface area contributed by atoms with Crippen molar-refractivity contribution < 1.29 is 33.7 Å². The lowest BCUT2D eigenvalue weighted by atomic mass is 9.95. The quantitative estimate of drug-likeness (QED) is 0.613. The van der Waals surface area contributed by atoms with Gasteiger partial charge in [0.1, 0.15) is 6.61 Å². The van der Waals surface area contributed by atoms with Crippen LogP contribution < -0.4 is 0 Å². The maximum Gasteiger partial charge on any atom is 0.342 e. The topological polar surface area (TPSA) is 99.1 Å². The molecular formula is C16H26O7. The summed E-state index contributed by atoms with van der Waals surface area (Å²) < 4.78 is 15.4. The van der Waals surface area contributed by atoms with Gasteiger partial charge in [-0.15, -0.1) is 0 Å². The second-order valence-electron chi connectivity index (χ2n) is 8.02. The van der Waals surface area contributed by atoms with E-state index in [0.29, 0.717) is 0 Å². The Morgan fingerprint density at radius 1 is 1.13 bits per heavy atom. The van der Waals surface area contributed by atoms with Gasteiger partial charge in [0, 0.05) is 0 Å². The minimum atomic E-state index is -1.99. The van der Waals surface area contributed by atoms with Gasteiger partial charge in [0.25, 0.3) is 0 Å². The van der Waals surface area contributed by atoms with E-state index in [2.05, 4.69) is 0 Å². The molecule has 132 valence electrons. The molecule has 0 aromatic carbocycles. The minimum absolute atomic E-state index is 0.292. The highest BCUT2D eigenvalue weighted by molar-refractivity contribution is 5.84. The number of hydrogen-bond acceptors (Lipinski definition) is 7. The van der Waals surface area contributed by atoms with E-state index in [-0.39, 0.29) is 6.61 Å². The number of carbonyl (C=O) groups excluding carboxylic acids is 3. The number of rotatable bonds is 3. The molecule has 0 bridgehead atoms. The molecule has 23 heavy (non-hydrogen) atoms. The van der Waals surface area contributed by atoms with Crippen molar-refractivity contribution in [2.24, 2.45) is 10.8 Å². The first kappa shape index (κ1) is 19.4. The summed E-state index contributed by atoms with van der Waals surface area (Å²) in [5.41, 5.74) is -3.52. The number of cyclic esters (lactones) is 1. The molecule has 0 spiro atoms. The Bertz CT molecular complexity index is 494. The summed E-state index contributed by atoms with van der Waals surface area (Å²) in [5.74, 6) is -1.99. The van der Waals surface area contributed by atoms with Crippen molar-refractivity contribution in [3.8, 4) is 0 Å². The summed E-state index contributed by atoms with van der Waals surface area (Å²) in [7, 11) is 0. The standard InChI is InChI=1S/C16H26O7/c1-14(2,3)11(17)21-8-9-10(16(7,20)13(19)22-9)23-12(18)15(4,5)6/h9-10,20H,8H2,1-7H3/t9-,10-,16+/m1/s1. The van der Waals surface area contributed by atoms with Gasteiger partial charge in [-0.2, -0.15) is 0 Å². The highest BCUT2D eigenvalue weighted by Crippen LogP contribution is 2.31. The fraction of sp³-hybridized carbons (Fsp3) is 0.812. The van der Waals surface area contributed by atoms with Crippen LogP contribution in [0.25, 0.3) is 0 Å². The molecule has 0 aromatic rings. The van der Waals surface area contributed by atoms with Crippen molar-refractivity contribution in [2.45, 2.75) is 66.3 Å². The van der Waals surface area contributed by atoms with Gasteiger partial charge < -0.3 is 19.3 Å². The highest BCUT2D eigenvalue weighted by Gasteiger charge is 2.57. The average molecular weight is 330 g/mol. The van der Waals surface area contributed by atoms with E-state index in [1.807, 2.05) is 0 Å². The number of carbonyl (C=O) groups is 3. The van der Waals surface area contributed by atoms with Crippen molar-refractivity contribution in [2.75, 3.05) is 6.61 Å². The Hall–Kier alpha value is -1.63. The van der Waals surface area contributed by atoms with E-state index in [9.17, 15) is 19.5 Å². The fourth-order valence-corrected chi connectivity index (χ4v) is 1.78. The van der Waals surface area contributed by atoms with E-state index >= 15 is 0 Å². The third-order valence-electron chi connectivity index (χ3n) is 3.40. The molecule has 0 saturated carbocycles. The van der Waals surface area contributed by atoms with Gasteiger partial charge in [0.2, 0.25) is 0 Å². The lowest BCUT2D eigenvalue weighted by molar-refractivity contribution is -0.174. The Kier molecular flexibility index (Phi) is 5.16. The van der Waals surface area contributed by atoms with Crippen LogP contribution in [0.1, 0.15) is 48.5 Å². The fourth-order valence-electron chi connectivity index (χ4n) is 1.78. The van der Waals surface area contributed by atoms with Crippen molar-refractivity contribution in [1.82, 2.24) is 0 Å². The predicted octanol–water partition coefficient (Wildman–Crippen LogP) is 1.21. The van der Waals surface area contributed by atoms with E-state index in [0.717, 1.165) is 0 Å². The van der Waals surface area contributed by atoms with Crippen LogP contribution in [-0.4, -0.2) is 47.4 Å². The molecule has 7 heteroatoms. The molecule has 0 amide bonds. The molecule has 7 nitrogen and oxygen atoms in total. The number of esters is 3. The van der Waals surface area contributed by atoms with E-state index in [4.69, 9.17) is 14.2 Å². The molecule has 3 atom stereocenters. The van der Waals surface area contributed by atoms with Crippen LogP contribution in [0.4, 0.5) is 0 Å². The third-order valence-corrected chi connectivity index (χ3v) is 3.40. The second kappa shape index (κ2) is 6.11. The molecular weight excluding hydrogens is 304 g/mol. The van der Waals surface area contributed by atoms with Crippen molar-refractivity contribution in [1.29, 1.82) is 0 Å². The van der Waals surface area contributed by atoms with Crippen LogP contribution in [0.5, 0.6) is 0 Å². The molecule has 1 aliphatic rings. The summed E-state index contributed by atoms with van der Waals surface area (Å²) in [4.78, 5) is 35.7. The number of ether oxygens (including phenoxy) is 3. The zero-order chi connectivity index (χ0) is 18.2. The first-order valence-corrected chi connectivity index (χ1v) is 7.49. The molecule has 1 aliphatic heterocycles. The number of hydrogen-bond donors (Lipinski definition) is 1. The smallest absolute Gasteiger partial charge is 0.342 e. The van der Waals surface area contributed by atoms with E-state index in [1.54, 1.807) is 41.5 Å². The molecule has 1 rings (SSSR count). The summed E-state index contributed by atoms with van der Waals surface area (Å²) in [5, 5.41) is 10.2. The first-order valence-electron chi connectivity index (χ1n) is 7.49. The van der Waals surface area contributed by atoms with Gasteiger partial charge in [-0.25, -0.2) is 4.79 Å². The third kappa shape index (κ3) is 4.43. The van der Waals surface area contributed by atoms with Crippen molar-refractivity contribution >= 4 is 17.9 Å². The van der Waals surface area contributed by atoms with Gasteiger partial charge in [-0.05, 0) is 48.5 Å². The lowest BCUT2D eigenvalue weighted by Crippen LogP contribution is -2.48. The summed E-state index contributed by atoms with van der Waals surface area (Å²) in [6.45, 7) is 10.9. The summed E-state index contributed by atoms with van der Waals surface area (Å²) >= 11 is 0. The van der Waals surface area contributed by atoms with Crippen LogP contribution in [0, 0.1) is 10.8 Å². The largest absolute Gasteiger partial charge is 0.461 e. The van der Waals surface area contributed by atoms with Crippen LogP contribution in [0.15, 0.2) is 0 Å². The Morgan fingerprint density at radius 2 is 1.61 bits per heavy atom. The highest BCUT2D eigenvalue weighted by atomic mass is 16.6. The zero-order valence-corrected chi connectivity index (χ0v) is 14.8. The molecule has 0 aliphatic carbocycles. The lowest BCUT2D eigenvalue weighted by Gasteiger charge is -2.28. The number of aliphatic hydroxyl groups is 1. The molecule has 0 unspecified atom stereocenters. The maximum atomic E-state index is 12.1. The van der Waals surface area contributed by atoms with E-state index in [1.165, 1.54) is 6.92 Å². The van der Waals surface area contributed by atoms with Gasteiger partial charge in [0.05, 0.1) is 10.8 Å². The van der Waals surface area contributed by atoms with Crippen LogP contribution >= 0.6 is 0 Å². The van der Waals surface area contributed by atoms with Gasteiger partial charge in [-0.1, -0.05) is 0 Å². The summed E-state index contributed by atoms with van der Waals surface area (Å²) in [6, 6.07) is 0. The zero-order valence-electron chi connectivity index (χ0n) is 14.8. The van der Waals surface area contributed by atoms with Crippen molar-refractivity contribution in [3.63, 3.8) is 0 Å². The van der Waals surface area contributed by atoms with Crippen LogP contribution in [0.2, 0.25) is 0 Å². The van der Waals surface area contributed by atoms with Crippen LogP contribution in [-0.2, 0) is 28.6 Å². The first-order chi connectivity index (χ1) is 10.2. The molecule has 1 heterocycles. The molecule has 1 fully saturated rings.